The second-order valence-electron chi connectivity index (χ2n) is 5.28. The zero-order valence-corrected chi connectivity index (χ0v) is 11.4. The van der Waals surface area contributed by atoms with Crippen molar-refractivity contribution in [2.45, 2.75) is 39.6 Å². The Hall–Kier alpha value is -1.65. The number of aromatic amines is 1. The van der Waals surface area contributed by atoms with Gasteiger partial charge < -0.3 is 10.1 Å². The molecule has 0 saturated heterocycles. The molecular weight excluding hydrogens is 238 g/mol. The van der Waals surface area contributed by atoms with E-state index in [2.05, 4.69) is 47.6 Å². The average molecular weight is 257 g/mol. The van der Waals surface area contributed by atoms with Crippen molar-refractivity contribution in [2.24, 2.45) is 0 Å². The van der Waals surface area contributed by atoms with Gasteiger partial charge in [0.05, 0.1) is 25.1 Å². The zero-order valence-electron chi connectivity index (χ0n) is 11.4. The Morgan fingerprint density at radius 2 is 2.16 bits per heavy atom. The number of nitrogens with one attached hydrogen (secondary N) is 2. The molecule has 0 fully saturated rings. The van der Waals surface area contributed by atoms with E-state index in [9.17, 15) is 0 Å². The summed E-state index contributed by atoms with van der Waals surface area (Å²) in [4.78, 5) is 0. The summed E-state index contributed by atoms with van der Waals surface area (Å²) in [6.07, 6.45) is 1.90. The van der Waals surface area contributed by atoms with E-state index in [0.717, 1.165) is 25.5 Å². The summed E-state index contributed by atoms with van der Waals surface area (Å²) >= 11 is 0. The molecule has 4 nitrogen and oxygen atoms in total. The quantitative estimate of drug-likeness (QED) is 0.885. The number of hydrogen-bond donors (Lipinski definition) is 2. The van der Waals surface area contributed by atoms with Crippen LogP contribution >= 0.6 is 0 Å². The Morgan fingerprint density at radius 3 is 3.00 bits per heavy atom. The summed E-state index contributed by atoms with van der Waals surface area (Å²) in [7, 11) is 0. The fraction of sp³-hybridized carbons (Fsp3) is 0.400. The number of nitrogens with zero attached hydrogens (tertiary/aromatic N) is 1. The topological polar surface area (TPSA) is 49.9 Å². The second kappa shape index (κ2) is 5.15. The SMILES string of the molecule is CC(C)NCc1cn[nH]c1-c1ccc2c(c1)COC2. The van der Waals surface area contributed by atoms with E-state index >= 15 is 0 Å². The highest BCUT2D eigenvalue weighted by molar-refractivity contribution is 5.64. The number of fused-ring (bicyclic) bond motifs is 1. The largest absolute Gasteiger partial charge is 0.372 e. The number of hydrogen-bond acceptors (Lipinski definition) is 3. The van der Waals surface area contributed by atoms with E-state index in [0.29, 0.717) is 6.04 Å². The molecule has 19 heavy (non-hydrogen) atoms. The third-order valence-electron chi connectivity index (χ3n) is 3.43. The lowest BCUT2D eigenvalue weighted by Crippen LogP contribution is -2.21. The highest BCUT2D eigenvalue weighted by Gasteiger charge is 2.14. The first kappa shape index (κ1) is 12.4. The standard InChI is InChI=1S/C15H19N3O/c1-10(2)16-6-14-7-17-18-15(14)11-3-4-12-8-19-9-13(12)5-11/h3-5,7,10,16H,6,8-9H2,1-2H3,(H,17,18). The highest BCUT2D eigenvalue weighted by atomic mass is 16.5. The van der Waals surface area contributed by atoms with Crippen LogP contribution in [-0.2, 0) is 24.5 Å². The number of H-pyrrole nitrogens is 1. The third-order valence-corrected chi connectivity index (χ3v) is 3.43. The van der Waals surface area contributed by atoms with E-state index in [1.807, 2.05) is 6.20 Å². The molecule has 100 valence electrons. The minimum Gasteiger partial charge on any atom is -0.372 e. The van der Waals surface area contributed by atoms with Crippen LogP contribution in [0.25, 0.3) is 11.3 Å². The van der Waals surface area contributed by atoms with E-state index in [4.69, 9.17) is 4.74 Å². The summed E-state index contributed by atoms with van der Waals surface area (Å²) in [6.45, 7) is 6.58. The fourth-order valence-corrected chi connectivity index (χ4v) is 2.34. The van der Waals surface area contributed by atoms with Crippen molar-refractivity contribution < 1.29 is 4.74 Å². The van der Waals surface area contributed by atoms with Gasteiger partial charge in [0.2, 0.25) is 0 Å². The Labute approximate surface area is 113 Å². The smallest absolute Gasteiger partial charge is 0.0725 e. The van der Waals surface area contributed by atoms with Crippen molar-refractivity contribution in [2.75, 3.05) is 0 Å². The molecule has 0 spiro atoms. The molecule has 1 aliphatic rings. The van der Waals surface area contributed by atoms with E-state index in [1.54, 1.807) is 0 Å². The first-order valence-electron chi connectivity index (χ1n) is 6.69. The molecule has 0 amide bonds. The molecular formula is C15H19N3O. The molecule has 4 heteroatoms. The van der Waals surface area contributed by atoms with Gasteiger partial charge in [0.1, 0.15) is 0 Å². The van der Waals surface area contributed by atoms with Gasteiger partial charge >= 0.3 is 0 Å². The van der Waals surface area contributed by atoms with E-state index in [1.165, 1.54) is 22.3 Å². The van der Waals surface area contributed by atoms with Gasteiger partial charge in [0.15, 0.2) is 0 Å². The normalized spacial score (nSPS) is 14.1. The zero-order chi connectivity index (χ0) is 13.2. The van der Waals surface area contributed by atoms with Crippen LogP contribution in [0.2, 0.25) is 0 Å². The summed E-state index contributed by atoms with van der Waals surface area (Å²) in [5, 5.41) is 10.7. The number of ether oxygens (including phenoxy) is 1. The molecule has 0 aliphatic carbocycles. The Kier molecular flexibility index (Phi) is 3.36. The lowest BCUT2D eigenvalue weighted by molar-refractivity contribution is 0.134. The lowest BCUT2D eigenvalue weighted by Gasteiger charge is -2.09. The predicted octanol–water partition coefficient (Wildman–Crippen LogP) is 2.60. The predicted molar refractivity (Wildman–Crippen MR) is 74.5 cm³/mol. The second-order valence-corrected chi connectivity index (χ2v) is 5.28. The van der Waals surface area contributed by atoms with Gasteiger partial charge in [-0.15, -0.1) is 0 Å². The van der Waals surface area contributed by atoms with Crippen LogP contribution in [0.5, 0.6) is 0 Å². The molecule has 0 atom stereocenters. The molecule has 2 aromatic rings. The van der Waals surface area contributed by atoms with Crippen molar-refractivity contribution in [1.29, 1.82) is 0 Å². The molecule has 3 rings (SSSR count). The van der Waals surface area contributed by atoms with Gasteiger partial charge in [-0.25, -0.2) is 0 Å². The van der Waals surface area contributed by atoms with Gasteiger partial charge in [-0.2, -0.15) is 5.10 Å². The summed E-state index contributed by atoms with van der Waals surface area (Å²) in [5.74, 6) is 0. The minimum absolute atomic E-state index is 0.469. The van der Waals surface area contributed by atoms with Gasteiger partial charge in [-0.1, -0.05) is 26.0 Å². The van der Waals surface area contributed by atoms with Crippen molar-refractivity contribution >= 4 is 0 Å². The van der Waals surface area contributed by atoms with Crippen LogP contribution in [0.3, 0.4) is 0 Å². The molecule has 1 aliphatic heterocycles. The van der Waals surface area contributed by atoms with E-state index < -0.39 is 0 Å². The number of rotatable bonds is 4. The molecule has 0 bridgehead atoms. The summed E-state index contributed by atoms with van der Waals surface area (Å²) in [6, 6.07) is 6.96. The molecule has 2 heterocycles. The summed E-state index contributed by atoms with van der Waals surface area (Å²) < 4.78 is 5.46. The van der Waals surface area contributed by atoms with Crippen LogP contribution in [0.15, 0.2) is 24.4 Å². The van der Waals surface area contributed by atoms with Gasteiger partial charge in [-0.05, 0) is 17.2 Å². The maximum atomic E-state index is 5.46. The Bertz CT molecular complexity index is 575. The maximum absolute atomic E-state index is 5.46. The van der Waals surface area contributed by atoms with Gasteiger partial charge in [-0.3, -0.25) is 5.10 Å². The van der Waals surface area contributed by atoms with Crippen molar-refractivity contribution in [3.63, 3.8) is 0 Å². The third kappa shape index (κ3) is 2.55. The first-order chi connectivity index (χ1) is 9.24. The first-order valence-corrected chi connectivity index (χ1v) is 6.69. The number of benzene rings is 1. The maximum Gasteiger partial charge on any atom is 0.0725 e. The summed E-state index contributed by atoms with van der Waals surface area (Å²) in [5.41, 5.74) is 6.07. The molecule has 0 radical (unpaired) electrons. The molecule has 0 saturated carbocycles. The molecule has 1 aromatic carbocycles. The van der Waals surface area contributed by atoms with Crippen LogP contribution in [0, 0.1) is 0 Å². The molecule has 1 aromatic heterocycles. The van der Waals surface area contributed by atoms with Crippen LogP contribution in [0.1, 0.15) is 30.5 Å². The van der Waals surface area contributed by atoms with Crippen molar-refractivity contribution in [3.05, 3.63) is 41.1 Å². The molecule has 2 N–H and O–H groups in total. The number of aromatic nitrogens is 2. The lowest BCUT2D eigenvalue weighted by atomic mass is 10.0. The van der Waals surface area contributed by atoms with Crippen LogP contribution in [0.4, 0.5) is 0 Å². The van der Waals surface area contributed by atoms with Crippen molar-refractivity contribution in [1.82, 2.24) is 15.5 Å². The minimum atomic E-state index is 0.469. The van der Waals surface area contributed by atoms with Crippen LogP contribution in [-0.4, -0.2) is 16.2 Å². The Balaban J connectivity index is 1.88. The monoisotopic (exact) mass is 257 g/mol. The fourth-order valence-electron chi connectivity index (χ4n) is 2.34. The van der Waals surface area contributed by atoms with Gasteiger partial charge in [0.25, 0.3) is 0 Å². The average Bonchev–Trinajstić information content (AvgIpc) is 3.04. The van der Waals surface area contributed by atoms with Crippen LogP contribution < -0.4 is 5.32 Å². The molecule has 0 unspecified atom stereocenters. The van der Waals surface area contributed by atoms with E-state index in [-0.39, 0.29) is 0 Å². The van der Waals surface area contributed by atoms with Gasteiger partial charge in [0, 0.05) is 23.7 Å². The van der Waals surface area contributed by atoms with Crippen molar-refractivity contribution in [3.8, 4) is 11.3 Å². The Morgan fingerprint density at radius 1 is 1.32 bits per heavy atom. The highest BCUT2D eigenvalue weighted by Crippen LogP contribution is 2.27.